The molecule has 3 aromatic carbocycles. The van der Waals surface area contributed by atoms with Gasteiger partial charge in [0.25, 0.3) is 0 Å². The molecule has 0 spiro atoms. The summed E-state index contributed by atoms with van der Waals surface area (Å²) in [6, 6.07) is 18.0. The van der Waals surface area contributed by atoms with E-state index in [-0.39, 0.29) is 25.4 Å². The van der Waals surface area contributed by atoms with Gasteiger partial charge in [-0.1, -0.05) is 36.4 Å². The topological polar surface area (TPSA) is 90.4 Å². The van der Waals surface area contributed by atoms with Crippen LogP contribution in [0.15, 0.2) is 73.1 Å². The lowest BCUT2D eigenvalue weighted by Crippen LogP contribution is -2.04. The second-order valence-electron chi connectivity index (χ2n) is 7.77. The van der Waals surface area contributed by atoms with E-state index in [0.29, 0.717) is 28.0 Å². The van der Waals surface area contributed by atoms with Crippen LogP contribution in [0.25, 0.3) is 22.3 Å². The molecule has 0 amide bonds. The van der Waals surface area contributed by atoms with E-state index in [1.54, 1.807) is 53.3 Å². The second kappa shape index (κ2) is 9.67. The minimum absolute atomic E-state index is 0.109. The lowest BCUT2D eigenvalue weighted by molar-refractivity contribution is -0.136. The lowest BCUT2D eigenvalue weighted by Gasteiger charge is -2.14. The molecule has 1 aromatic heterocycles. The summed E-state index contributed by atoms with van der Waals surface area (Å²) in [4.78, 5) is 11.2. The molecule has 0 aliphatic heterocycles. The molecule has 7 heteroatoms. The Labute approximate surface area is 191 Å². The third-order valence-electron chi connectivity index (χ3n) is 5.35. The van der Waals surface area contributed by atoms with Gasteiger partial charge in [-0.3, -0.25) is 9.48 Å². The van der Waals surface area contributed by atoms with Crippen LogP contribution in [0.5, 0.6) is 5.75 Å². The number of aromatic nitrogens is 2. The minimum Gasteiger partial charge on any atom is -0.489 e. The van der Waals surface area contributed by atoms with Gasteiger partial charge < -0.3 is 15.6 Å². The van der Waals surface area contributed by atoms with Crippen molar-refractivity contribution in [3.05, 3.63) is 95.6 Å². The van der Waals surface area contributed by atoms with Crippen molar-refractivity contribution in [2.24, 2.45) is 12.8 Å². The van der Waals surface area contributed by atoms with E-state index in [9.17, 15) is 4.79 Å². The van der Waals surface area contributed by atoms with Crippen LogP contribution in [0.4, 0.5) is 4.39 Å². The van der Waals surface area contributed by atoms with E-state index in [1.807, 2.05) is 31.4 Å². The number of halogens is 1. The first-order chi connectivity index (χ1) is 15.9. The molecule has 4 rings (SSSR count). The van der Waals surface area contributed by atoms with Crippen molar-refractivity contribution in [3.63, 3.8) is 0 Å². The molecule has 4 aromatic rings. The molecule has 168 valence electrons. The number of rotatable bonds is 8. The number of benzene rings is 3. The van der Waals surface area contributed by atoms with Crippen molar-refractivity contribution in [3.8, 4) is 28.0 Å². The summed E-state index contributed by atoms with van der Waals surface area (Å²) in [5.41, 5.74) is 10.5. The van der Waals surface area contributed by atoms with Crippen molar-refractivity contribution < 1.29 is 19.0 Å². The molecule has 0 aliphatic rings. The SMILES string of the molecule is Cn1cc(-c2cc(COc3ccccc3CC(=O)O)cc(-c3cccc(CN)c3F)c2)cn1. The number of carboxylic acids is 1. The predicted molar refractivity (Wildman–Crippen MR) is 124 cm³/mol. The van der Waals surface area contributed by atoms with Crippen LogP contribution < -0.4 is 10.5 Å². The highest BCUT2D eigenvalue weighted by molar-refractivity contribution is 5.74. The van der Waals surface area contributed by atoms with Gasteiger partial charge in [-0.2, -0.15) is 5.10 Å². The van der Waals surface area contributed by atoms with Gasteiger partial charge in [-0.15, -0.1) is 0 Å². The van der Waals surface area contributed by atoms with E-state index < -0.39 is 5.97 Å². The van der Waals surface area contributed by atoms with E-state index in [4.69, 9.17) is 15.6 Å². The fraction of sp³-hybridized carbons (Fsp3) is 0.154. The summed E-state index contributed by atoms with van der Waals surface area (Å²) in [6.45, 7) is 0.300. The third-order valence-corrected chi connectivity index (χ3v) is 5.35. The molecule has 0 bridgehead atoms. The number of carboxylic acid groups (broad SMARTS) is 1. The van der Waals surface area contributed by atoms with Crippen molar-refractivity contribution in [2.45, 2.75) is 19.6 Å². The fourth-order valence-corrected chi connectivity index (χ4v) is 3.74. The predicted octanol–water partition coefficient (Wildman–Crippen LogP) is 4.56. The van der Waals surface area contributed by atoms with E-state index in [1.165, 1.54) is 0 Å². The van der Waals surface area contributed by atoms with Crippen LogP contribution in [0.3, 0.4) is 0 Å². The zero-order valence-corrected chi connectivity index (χ0v) is 18.2. The molecule has 0 aliphatic carbocycles. The summed E-state index contributed by atoms with van der Waals surface area (Å²) in [5, 5.41) is 13.4. The molecule has 0 fully saturated rings. The van der Waals surface area contributed by atoms with Crippen molar-refractivity contribution in [1.82, 2.24) is 9.78 Å². The number of hydrogen-bond donors (Lipinski definition) is 2. The molecular formula is C26H24FN3O3. The average Bonchev–Trinajstić information content (AvgIpc) is 3.24. The molecule has 33 heavy (non-hydrogen) atoms. The van der Waals surface area contributed by atoms with Gasteiger partial charge in [0.1, 0.15) is 18.2 Å². The Morgan fingerprint density at radius 1 is 1.06 bits per heavy atom. The molecule has 1 heterocycles. The molecule has 0 saturated heterocycles. The molecule has 0 saturated carbocycles. The van der Waals surface area contributed by atoms with Gasteiger partial charge in [0.2, 0.25) is 0 Å². The number of carbonyl (C=O) groups is 1. The van der Waals surface area contributed by atoms with Gasteiger partial charge in [-0.25, -0.2) is 4.39 Å². The van der Waals surface area contributed by atoms with Crippen LogP contribution >= 0.6 is 0 Å². The Bertz CT molecular complexity index is 1300. The number of ether oxygens (including phenoxy) is 1. The van der Waals surface area contributed by atoms with Crippen LogP contribution in [-0.4, -0.2) is 20.9 Å². The van der Waals surface area contributed by atoms with Crippen LogP contribution in [0.1, 0.15) is 16.7 Å². The summed E-state index contributed by atoms with van der Waals surface area (Å²) in [5.74, 6) is -0.770. The monoisotopic (exact) mass is 445 g/mol. The first kappa shape index (κ1) is 22.2. The smallest absolute Gasteiger partial charge is 0.307 e. The first-order valence-electron chi connectivity index (χ1n) is 10.5. The average molecular weight is 445 g/mol. The quantitative estimate of drug-likeness (QED) is 0.415. The molecular weight excluding hydrogens is 421 g/mol. The normalized spacial score (nSPS) is 10.9. The number of aryl methyl sites for hydroxylation is 1. The molecule has 3 N–H and O–H groups in total. The highest BCUT2D eigenvalue weighted by Crippen LogP contribution is 2.31. The zero-order valence-electron chi connectivity index (χ0n) is 18.2. The Morgan fingerprint density at radius 2 is 1.82 bits per heavy atom. The van der Waals surface area contributed by atoms with Crippen LogP contribution in [0, 0.1) is 5.82 Å². The standard InChI is InChI=1S/C26H24FN3O3/c1-30-15-22(14-29-30)20-9-17(16-33-24-8-3-2-5-18(24)12-25(31)32)10-21(11-20)23-7-4-6-19(13-28)26(23)27/h2-11,14-15H,12-13,16,28H2,1H3,(H,31,32). The molecule has 0 unspecified atom stereocenters. The van der Waals surface area contributed by atoms with Gasteiger partial charge in [0.05, 0.1) is 12.6 Å². The Hall–Kier alpha value is -3.97. The van der Waals surface area contributed by atoms with Gasteiger partial charge in [0.15, 0.2) is 0 Å². The number of hydrogen-bond acceptors (Lipinski definition) is 4. The molecule has 0 radical (unpaired) electrons. The van der Waals surface area contributed by atoms with Crippen molar-refractivity contribution >= 4 is 5.97 Å². The number of para-hydroxylation sites is 1. The zero-order chi connectivity index (χ0) is 23.4. The first-order valence-corrected chi connectivity index (χ1v) is 10.5. The lowest BCUT2D eigenvalue weighted by atomic mass is 9.96. The highest BCUT2D eigenvalue weighted by Gasteiger charge is 2.14. The number of nitrogens with two attached hydrogens (primary N) is 1. The van der Waals surface area contributed by atoms with E-state index >= 15 is 4.39 Å². The minimum atomic E-state index is -0.929. The van der Waals surface area contributed by atoms with Gasteiger partial charge >= 0.3 is 5.97 Å². The van der Waals surface area contributed by atoms with Gasteiger partial charge in [0, 0.05) is 42.0 Å². The highest BCUT2D eigenvalue weighted by atomic mass is 19.1. The van der Waals surface area contributed by atoms with Gasteiger partial charge in [-0.05, 0) is 41.0 Å². The fourth-order valence-electron chi connectivity index (χ4n) is 3.74. The van der Waals surface area contributed by atoms with E-state index in [0.717, 1.165) is 16.7 Å². The maximum atomic E-state index is 15.1. The summed E-state index contributed by atoms with van der Waals surface area (Å²) in [7, 11) is 1.83. The number of aliphatic carboxylic acids is 1. The third kappa shape index (κ3) is 5.10. The summed E-state index contributed by atoms with van der Waals surface area (Å²) in [6.07, 6.45) is 3.51. The maximum Gasteiger partial charge on any atom is 0.307 e. The summed E-state index contributed by atoms with van der Waals surface area (Å²) < 4.78 is 22.8. The van der Waals surface area contributed by atoms with E-state index in [2.05, 4.69) is 5.10 Å². The van der Waals surface area contributed by atoms with Crippen molar-refractivity contribution in [2.75, 3.05) is 0 Å². The molecule has 6 nitrogen and oxygen atoms in total. The largest absolute Gasteiger partial charge is 0.489 e. The summed E-state index contributed by atoms with van der Waals surface area (Å²) >= 11 is 0. The Morgan fingerprint density at radius 3 is 2.55 bits per heavy atom. The Balaban J connectivity index is 1.73. The second-order valence-corrected chi connectivity index (χ2v) is 7.77. The number of nitrogens with zero attached hydrogens (tertiary/aromatic N) is 2. The van der Waals surface area contributed by atoms with Crippen LogP contribution in [-0.2, 0) is 31.4 Å². The maximum absolute atomic E-state index is 15.1. The van der Waals surface area contributed by atoms with Crippen molar-refractivity contribution in [1.29, 1.82) is 0 Å². The van der Waals surface area contributed by atoms with Crippen LogP contribution in [0.2, 0.25) is 0 Å². The Kier molecular flexibility index (Phi) is 6.51. The molecule has 0 atom stereocenters.